The van der Waals surface area contributed by atoms with E-state index in [1.54, 1.807) is 20.3 Å². The van der Waals surface area contributed by atoms with E-state index in [2.05, 4.69) is 12.1 Å². The molecule has 6 aromatic rings. The largest absolute Gasteiger partial charge is 0.504 e. The monoisotopic (exact) mass is 532 g/mol. The second kappa shape index (κ2) is 8.48. The van der Waals surface area contributed by atoms with Crippen molar-refractivity contribution in [2.75, 3.05) is 14.2 Å². The van der Waals surface area contributed by atoms with E-state index < -0.39 is 12.4 Å². The Hall–Kier alpha value is -5.04. The zero-order chi connectivity index (χ0) is 27.0. The summed E-state index contributed by atoms with van der Waals surface area (Å²) in [6.07, 6.45) is -0.934. The summed E-state index contributed by atoms with van der Waals surface area (Å²) in [4.78, 5) is 0. The Morgan fingerprint density at radius 1 is 0.750 bits per heavy atom. The van der Waals surface area contributed by atoms with Crippen LogP contribution in [0.15, 0.2) is 83.3 Å². The molecular formula is C33H24O7. The molecule has 5 aromatic carbocycles. The van der Waals surface area contributed by atoms with Gasteiger partial charge in [-0.25, -0.2) is 0 Å². The van der Waals surface area contributed by atoms with Crippen molar-refractivity contribution >= 4 is 32.5 Å². The van der Waals surface area contributed by atoms with Gasteiger partial charge in [0.2, 0.25) is 6.10 Å². The Labute approximate surface area is 229 Å². The molecule has 8 rings (SSSR count). The highest BCUT2D eigenvalue weighted by Crippen LogP contribution is 2.57. The summed E-state index contributed by atoms with van der Waals surface area (Å²) >= 11 is 0. The Morgan fingerprint density at radius 3 is 2.05 bits per heavy atom. The molecule has 0 spiro atoms. The van der Waals surface area contributed by atoms with E-state index in [-0.39, 0.29) is 5.75 Å². The molecule has 0 bridgehead atoms. The van der Waals surface area contributed by atoms with Gasteiger partial charge in [0.05, 0.1) is 19.8 Å². The number of methoxy groups -OCH3 is 2. The number of hydrogen-bond acceptors (Lipinski definition) is 7. The van der Waals surface area contributed by atoms with Crippen LogP contribution in [-0.2, 0) is 6.42 Å². The molecular weight excluding hydrogens is 508 g/mol. The smallest absolute Gasteiger partial charge is 0.282 e. The number of aromatic hydroxyl groups is 1. The van der Waals surface area contributed by atoms with Gasteiger partial charge in [-0.15, -0.1) is 0 Å². The van der Waals surface area contributed by atoms with Crippen molar-refractivity contribution in [3.63, 3.8) is 0 Å². The maximum absolute atomic E-state index is 11.3. The van der Waals surface area contributed by atoms with Crippen LogP contribution < -0.4 is 23.7 Å². The van der Waals surface area contributed by atoms with Crippen LogP contribution in [0.2, 0.25) is 0 Å². The molecule has 0 fully saturated rings. The highest BCUT2D eigenvalue weighted by molar-refractivity contribution is 6.14. The van der Waals surface area contributed by atoms with E-state index in [0.717, 1.165) is 32.9 Å². The summed E-state index contributed by atoms with van der Waals surface area (Å²) in [6, 6.07) is 25.7. The van der Waals surface area contributed by atoms with Gasteiger partial charge in [0.1, 0.15) is 28.2 Å². The average Bonchev–Trinajstić information content (AvgIpc) is 3.51. The molecule has 0 amide bonds. The van der Waals surface area contributed by atoms with Crippen molar-refractivity contribution in [1.29, 1.82) is 0 Å². The van der Waals surface area contributed by atoms with Gasteiger partial charge >= 0.3 is 0 Å². The molecule has 7 nitrogen and oxygen atoms in total. The topological polar surface area (TPSA) is 79.5 Å². The summed E-state index contributed by atoms with van der Waals surface area (Å²) in [5.41, 5.74) is 2.11. The third-order valence-electron chi connectivity index (χ3n) is 7.80. The van der Waals surface area contributed by atoms with Gasteiger partial charge in [-0.3, -0.25) is 0 Å². The standard InChI is InChI=1S/C33H24O7/c1-35-18-13-11-17(12-14-18)15-25-28(34)26-23(37-25)16-24-27(31(26)36-2)32-33(38-24)40-30-22-10-6-4-8-20(22)19-7-3-5-9-21(19)29(30)39-32/h3-14,16,32-34H,15H2,1-2H3. The lowest BCUT2D eigenvalue weighted by molar-refractivity contribution is -0.0740. The lowest BCUT2D eigenvalue weighted by Gasteiger charge is -2.30. The number of hydrogen-bond donors (Lipinski definition) is 1. The van der Waals surface area contributed by atoms with E-state index in [4.69, 9.17) is 28.1 Å². The first-order valence-electron chi connectivity index (χ1n) is 13.1. The lowest BCUT2D eigenvalue weighted by Crippen LogP contribution is -2.33. The normalized spacial score (nSPS) is 17.1. The summed E-state index contributed by atoms with van der Waals surface area (Å²) in [5, 5.41) is 15.8. The Kier molecular flexibility index (Phi) is 4.85. The van der Waals surface area contributed by atoms with Crippen LogP contribution in [0.4, 0.5) is 0 Å². The quantitative estimate of drug-likeness (QED) is 0.239. The lowest BCUT2D eigenvalue weighted by atomic mass is 9.98. The molecule has 2 aliphatic rings. The van der Waals surface area contributed by atoms with Crippen LogP contribution in [-0.4, -0.2) is 25.6 Å². The van der Waals surface area contributed by atoms with Gasteiger partial charge in [0, 0.05) is 23.3 Å². The number of furan rings is 1. The van der Waals surface area contributed by atoms with Crippen LogP contribution in [0.25, 0.3) is 32.5 Å². The maximum Gasteiger partial charge on any atom is 0.282 e. The SMILES string of the molecule is COc1ccc(Cc2oc3cc4c(c(OC)c3c2O)C2Oc3c(c5ccccc5c5ccccc35)OC2O4)cc1. The fourth-order valence-electron chi connectivity index (χ4n) is 5.96. The third-order valence-corrected chi connectivity index (χ3v) is 7.80. The molecule has 2 aliphatic heterocycles. The minimum absolute atomic E-state index is 0.0301. The number of rotatable bonds is 4. The molecule has 0 radical (unpaired) electrons. The minimum atomic E-state index is -0.728. The Bertz CT molecular complexity index is 1950. The van der Waals surface area contributed by atoms with E-state index >= 15 is 0 Å². The van der Waals surface area contributed by atoms with E-state index in [0.29, 0.717) is 51.7 Å². The minimum Gasteiger partial charge on any atom is -0.504 e. The molecule has 7 heteroatoms. The number of fused-ring (bicyclic) bond motifs is 10. The molecule has 40 heavy (non-hydrogen) atoms. The average molecular weight is 533 g/mol. The first-order chi connectivity index (χ1) is 19.6. The Morgan fingerprint density at radius 2 is 1.40 bits per heavy atom. The van der Waals surface area contributed by atoms with E-state index in [1.165, 1.54) is 0 Å². The third kappa shape index (κ3) is 3.18. The molecule has 1 aromatic heterocycles. The van der Waals surface area contributed by atoms with Gasteiger partial charge in [-0.1, -0.05) is 60.7 Å². The molecule has 0 saturated carbocycles. The highest BCUT2D eigenvalue weighted by atomic mass is 16.7. The van der Waals surface area contributed by atoms with Gasteiger partial charge in [0.15, 0.2) is 23.0 Å². The van der Waals surface area contributed by atoms with Crippen molar-refractivity contribution in [2.24, 2.45) is 0 Å². The second-order valence-electron chi connectivity index (χ2n) is 9.99. The highest BCUT2D eigenvalue weighted by Gasteiger charge is 2.46. The van der Waals surface area contributed by atoms with Crippen molar-refractivity contribution < 1.29 is 33.2 Å². The van der Waals surface area contributed by atoms with Crippen LogP contribution >= 0.6 is 0 Å². The zero-order valence-electron chi connectivity index (χ0n) is 21.8. The van der Waals surface area contributed by atoms with Crippen molar-refractivity contribution in [1.82, 2.24) is 0 Å². The van der Waals surface area contributed by atoms with Gasteiger partial charge < -0.3 is 33.2 Å². The molecule has 1 N–H and O–H groups in total. The van der Waals surface area contributed by atoms with Crippen LogP contribution in [0.5, 0.6) is 34.5 Å². The second-order valence-corrected chi connectivity index (χ2v) is 9.99. The predicted octanol–water partition coefficient (Wildman–Crippen LogP) is 7.28. The zero-order valence-corrected chi connectivity index (χ0v) is 21.8. The predicted molar refractivity (Wildman–Crippen MR) is 150 cm³/mol. The summed E-state index contributed by atoms with van der Waals surface area (Å²) < 4.78 is 36.8. The summed E-state index contributed by atoms with van der Waals surface area (Å²) in [5.74, 6) is 3.51. The van der Waals surface area contributed by atoms with Crippen molar-refractivity contribution in [3.8, 4) is 34.5 Å². The van der Waals surface area contributed by atoms with Gasteiger partial charge in [-0.05, 0) is 28.5 Å². The molecule has 0 saturated heterocycles. The van der Waals surface area contributed by atoms with Crippen molar-refractivity contribution in [2.45, 2.75) is 18.8 Å². The number of benzene rings is 5. The van der Waals surface area contributed by atoms with Crippen LogP contribution in [0.1, 0.15) is 23.0 Å². The van der Waals surface area contributed by atoms with Crippen LogP contribution in [0.3, 0.4) is 0 Å². The van der Waals surface area contributed by atoms with Crippen LogP contribution in [0, 0.1) is 0 Å². The molecule has 198 valence electrons. The molecule has 2 unspecified atom stereocenters. The van der Waals surface area contributed by atoms with Gasteiger partial charge in [0.25, 0.3) is 6.29 Å². The van der Waals surface area contributed by atoms with E-state index in [9.17, 15) is 5.11 Å². The first kappa shape index (κ1) is 22.9. The Balaban J connectivity index is 1.25. The fraction of sp³-hybridized carbons (Fsp3) is 0.152. The summed E-state index contributed by atoms with van der Waals surface area (Å²) in [7, 11) is 3.20. The molecule has 2 atom stereocenters. The fourth-order valence-corrected chi connectivity index (χ4v) is 5.96. The maximum atomic E-state index is 11.3. The first-order valence-corrected chi connectivity index (χ1v) is 13.1. The number of ether oxygens (including phenoxy) is 5. The molecule has 0 aliphatic carbocycles. The molecule has 3 heterocycles. The summed E-state index contributed by atoms with van der Waals surface area (Å²) in [6.45, 7) is 0. The van der Waals surface area contributed by atoms with Crippen molar-refractivity contribution in [3.05, 3.63) is 95.7 Å². The van der Waals surface area contributed by atoms with Gasteiger partial charge in [-0.2, -0.15) is 0 Å². The van der Waals surface area contributed by atoms with E-state index in [1.807, 2.05) is 60.7 Å².